The zero-order chi connectivity index (χ0) is 33.8. The molecule has 1 aliphatic carbocycles. The summed E-state index contributed by atoms with van der Waals surface area (Å²) in [6.45, 7) is 0. The van der Waals surface area contributed by atoms with Gasteiger partial charge in [-0.2, -0.15) is 15.8 Å². The van der Waals surface area contributed by atoms with E-state index in [0.717, 1.165) is 68.3 Å². The quantitative estimate of drug-likeness (QED) is 0.192. The first-order chi connectivity index (χ1) is 24.7. The minimum atomic E-state index is 0.538. The summed E-state index contributed by atoms with van der Waals surface area (Å²) in [6.07, 6.45) is 4.59. The van der Waals surface area contributed by atoms with E-state index in [-0.39, 0.29) is 0 Å². The number of benzene rings is 6. The van der Waals surface area contributed by atoms with Crippen LogP contribution < -0.4 is 0 Å². The van der Waals surface area contributed by atoms with E-state index in [2.05, 4.69) is 94.1 Å². The highest BCUT2D eigenvalue weighted by Crippen LogP contribution is 2.42. The Labute approximate surface area is 289 Å². The van der Waals surface area contributed by atoms with Crippen molar-refractivity contribution in [1.29, 1.82) is 15.8 Å². The first kappa shape index (κ1) is 29.3. The molecule has 0 N–H and O–H groups in total. The monoisotopic (exact) mass is 639 g/mol. The number of nitrogens with zero attached hydrogens (tertiary/aromatic N) is 5. The topological polar surface area (TPSA) is 81.2 Å². The molecule has 0 aliphatic heterocycles. The highest BCUT2D eigenvalue weighted by atomic mass is 15.0. The number of hydrogen-bond donors (Lipinski definition) is 0. The van der Waals surface area contributed by atoms with E-state index in [0.29, 0.717) is 16.7 Å². The third kappa shape index (κ3) is 4.44. The van der Waals surface area contributed by atoms with E-state index in [1.165, 1.54) is 35.0 Å². The first-order valence-corrected chi connectivity index (χ1v) is 16.9. The minimum Gasteiger partial charge on any atom is -0.313 e. The maximum absolute atomic E-state index is 10.3. The highest BCUT2D eigenvalue weighted by Gasteiger charge is 2.23. The molecule has 0 saturated heterocycles. The van der Waals surface area contributed by atoms with Crippen molar-refractivity contribution in [2.45, 2.75) is 25.7 Å². The Morgan fingerprint density at radius 3 is 2.08 bits per heavy atom. The second kappa shape index (κ2) is 11.7. The molecule has 0 atom stereocenters. The molecule has 9 rings (SSSR count). The molecule has 0 saturated carbocycles. The van der Waals surface area contributed by atoms with Gasteiger partial charge in [-0.1, -0.05) is 66.7 Å². The number of nitriles is 3. The van der Waals surface area contributed by atoms with Crippen LogP contribution in [0, 0.1) is 34.0 Å². The standard InChI is InChI=1S/C45H29N5/c46-26-29-19-21-43(50-44-22-20-30(27-47)24-40(44)38-16-8-10-32(28-48)45(38)50)39(23-29)35-13-2-1-12-34(35)31-9-7-11-33(25-31)49-41-17-5-3-14-36(41)37-15-4-6-18-42(37)49/h1-3,5,7-14,16-17,19-25H,4,6,15,18H2. The van der Waals surface area contributed by atoms with Crippen LogP contribution in [0.3, 0.4) is 0 Å². The largest absolute Gasteiger partial charge is 0.313 e. The molecular weight excluding hydrogens is 611 g/mol. The predicted octanol–water partition coefficient (Wildman–Crippen LogP) is 10.6. The van der Waals surface area contributed by atoms with Crippen LogP contribution in [0.1, 0.15) is 40.8 Å². The molecule has 5 heteroatoms. The molecule has 234 valence electrons. The van der Waals surface area contributed by atoms with Crippen LogP contribution >= 0.6 is 0 Å². The SMILES string of the molecule is N#Cc1ccc(-n2c3ccc(C#N)cc3c3cccc(C#N)c32)c(-c2ccccc2-c2cccc(-n3c4c(c5ccccc53)CCCC4)c2)c1. The Balaban J connectivity index is 1.29. The lowest BCUT2D eigenvalue weighted by atomic mass is 9.92. The number of hydrogen-bond acceptors (Lipinski definition) is 3. The van der Waals surface area contributed by atoms with Crippen molar-refractivity contribution in [3.05, 3.63) is 155 Å². The fourth-order valence-corrected chi connectivity index (χ4v) is 8.07. The molecule has 0 spiro atoms. The van der Waals surface area contributed by atoms with Gasteiger partial charge < -0.3 is 9.13 Å². The molecule has 0 amide bonds. The molecule has 0 unspecified atom stereocenters. The Hall–Kier alpha value is -6.87. The van der Waals surface area contributed by atoms with E-state index in [1.54, 1.807) is 0 Å². The number of aryl methyl sites for hydroxylation is 1. The number of fused-ring (bicyclic) bond motifs is 6. The number of para-hydroxylation sites is 2. The molecule has 0 radical (unpaired) electrons. The van der Waals surface area contributed by atoms with Gasteiger partial charge in [0.05, 0.1) is 51.1 Å². The van der Waals surface area contributed by atoms with Gasteiger partial charge in [0.1, 0.15) is 6.07 Å². The molecule has 2 aromatic heterocycles. The molecule has 2 heterocycles. The van der Waals surface area contributed by atoms with Crippen molar-refractivity contribution in [2.24, 2.45) is 0 Å². The Morgan fingerprint density at radius 1 is 0.500 bits per heavy atom. The normalized spacial score (nSPS) is 12.4. The van der Waals surface area contributed by atoms with Crippen molar-refractivity contribution in [3.8, 4) is 51.8 Å². The third-order valence-corrected chi connectivity index (χ3v) is 10.2. The van der Waals surface area contributed by atoms with Gasteiger partial charge in [0.25, 0.3) is 0 Å². The predicted molar refractivity (Wildman–Crippen MR) is 199 cm³/mol. The number of rotatable bonds is 4. The average molecular weight is 640 g/mol. The van der Waals surface area contributed by atoms with Gasteiger partial charge in [0.2, 0.25) is 0 Å². The molecule has 0 fully saturated rings. The summed E-state index contributed by atoms with van der Waals surface area (Å²) in [4.78, 5) is 0. The first-order valence-electron chi connectivity index (χ1n) is 16.9. The Kier molecular flexibility index (Phi) is 6.84. The summed E-state index contributed by atoms with van der Waals surface area (Å²) in [6, 6.07) is 50.0. The second-order valence-corrected chi connectivity index (χ2v) is 12.9. The second-order valence-electron chi connectivity index (χ2n) is 12.9. The lowest BCUT2D eigenvalue weighted by Crippen LogP contribution is -2.07. The van der Waals surface area contributed by atoms with Crippen molar-refractivity contribution in [1.82, 2.24) is 9.13 Å². The van der Waals surface area contributed by atoms with Gasteiger partial charge in [0, 0.05) is 33.1 Å². The summed E-state index contributed by atoms with van der Waals surface area (Å²) in [5.41, 5.74) is 13.4. The Morgan fingerprint density at radius 2 is 1.22 bits per heavy atom. The van der Waals surface area contributed by atoms with E-state index in [9.17, 15) is 15.8 Å². The van der Waals surface area contributed by atoms with Crippen LogP contribution in [0.2, 0.25) is 0 Å². The average Bonchev–Trinajstić information content (AvgIpc) is 3.70. The third-order valence-electron chi connectivity index (χ3n) is 10.2. The van der Waals surface area contributed by atoms with Crippen molar-refractivity contribution in [2.75, 3.05) is 0 Å². The summed E-state index contributed by atoms with van der Waals surface area (Å²) in [5, 5.41) is 33.2. The van der Waals surface area contributed by atoms with E-state index < -0.39 is 0 Å². The lowest BCUT2D eigenvalue weighted by molar-refractivity contribution is 0.667. The fourth-order valence-electron chi connectivity index (χ4n) is 8.07. The van der Waals surface area contributed by atoms with Crippen LogP contribution in [-0.4, -0.2) is 9.13 Å². The molecular formula is C45H29N5. The van der Waals surface area contributed by atoms with Crippen molar-refractivity contribution in [3.63, 3.8) is 0 Å². The maximum atomic E-state index is 10.3. The number of aromatic nitrogens is 2. The highest BCUT2D eigenvalue weighted by molar-refractivity contribution is 6.12. The molecule has 6 aromatic carbocycles. The van der Waals surface area contributed by atoms with E-state index in [1.807, 2.05) is 60.7 Å². The van der Waals surface area contributed by atoms with Crippen LogP contribution in [0.4, 0.5) is 0 Å². The summed E-state index contributed by atoms with van der Waals surface area (Å²) < 4.78 is 4.57. The van der Waals surface area contributed by atoms with Crippen molar-refractivity contribution < 1.29 is 0 Å². The van der Waals surface area contributed by atoms with E-state index >= 15 is 0 Å². The zero-order valence-corrected chi connectivity index (χ0v) is 27.2. The minimum absolute atomic E-state index is 0.538. The fraction of sp³-hybridized carbons (Fsp3) is 0.0889. The van der Waals surface area contributed by atoms with Crippen LogP contribution in [0.5, 0.6) is 0 Å². The summed E-state index contributed by atoms with van der Waals surface area (Å²) in [5.74, 6) is 0. The zero-order valence-electron chi connectivity index (χ0n) is 27.2. The van der Waals surface area contributed by atoms with Gasteiger partial charge >= 0.3 is 0 Å². The van der Waals surface area contributed by atoms with Gasteiger partial charge in [-0.05, 0) is 109 Å². The Bertz CT molecular complexity index is 2810. The van der Waals surface area contributed by atoms with Crippen molar-refractivity contribution >= 4 is 32.7 Å². The molecule has 5 nitrogen and oxygen atoms in total. The van der Waals surface area contributed by atoms with Crippen LogP contribution in [0.15, 0.2) is 127 Å². The van der Waals surface area contributed by atoms with E-state index in [4.69, 9.17) is 0 Å². The maximum Gasteiger partial charge on any atom is 0.101 e. The smallest absolute Gasteiger partial charge is 0.101 e. The molecule has 8 aromatic rings. The molecule has 0 bridgehead atoms. The van der Waals surface area contributed by atoms with Gasteiger partial charge in [-0.3, -0.25) is 0 Å². The molecule has 1 aliphatic rings. The van der Waals surface area contributed by atoms with Crippen LogP contribution in [-0.2, 0) is 12.8 Å². The lowest BCUT2D eigenvalue weighted by Gasteiger charge is -2.19. The van der Waals surface area contributed by atoms with Gasteiger partial charge in [-0.25, -0.2) is 0 Å². The summed E-state index contributed by atoms with van der Waals surface area (Å²) in [7, 11) is 0. The summed E-state index contributed by atoms with van der Waals surface area (Å²) >= 11 is 0. The van der Waals surface area contributed by atoms with Gasteiger partial charge in [0.15, 0.2) is 0 Å². The van der Waals surface area contributed by atoms with Gasteiger partial charge in [-0.15, -0.1) is 0 Å². The molecule has 50 heavy (non-hydrogen) atoms. The van der Waals surface area contributed by atoms with Crippen LogP contribution in [0.25, 0.3) is 66.3 Å².